The van der Waals surface area contributed by atoms with Crippen LogP contribution < -0.4 is 5.32 Å². The molecule has 0 aliphatic carbocycles. The first kappa shape index (κ1) is 20.8. The van der Waals surface area contributed by atoms with Gasteiger partial charge in [-0.15, -0.1) is 24.0 Å². The quantitative estimate of drug-likeness (QED) is 0.313. The number of likely N-dealkylation sites (tertiary alicyclic amines) is 1. The highest BCUT2D eigenvalue weighted by Gasteiger charge is 2.27. The zero-order chi connectivity index (χ0) is 16.5. The van der Waals surface area contributed by atoms with Gasteiger partial charge < -0.3 is 19.4 Å². The lowest BCUT2D eigenvalue weighted by molar-refractivity contribution is -0.149. The number of halogens is 1. The second-order valence-electron chi connectivity index (χ2n) is 5.58. The van der Waals surface area contributed by atoms with Crippen molar-refractivity contribution in [3.05, 3.63) is 24.2 Å². The van der Waals surface area contributed by atoms with Gasteiger partial charge in [0.05, 0.1) is 18.8 Å². The number of nitrogens with one attached hydrogen (secondary N) is 1. The van der Waals surface area contributed by atoms with E-state index in [1.54, 1.807) is 6.26 Å². The van der Waals surface area contributed by atoms with Crippen molar-refractivity contribution in [2.24, 2.45) is 10.9 Å². The monoisotopic (exact) mass is 449 g/mol. The summed E-state index contributed by atoms with van der Waals surface area (Å²) in [5.41, 5.74) is 0. The largest absolute Gasteiger partial charge is 0.469 e. The van der Waals surface area contributed by atoms with Crippen LogP contribution in [0.3, 0.4) is 0 Å². The molecule has 1 aliphatic heterocycles. The molecule has 2 rings (SSSR count). The summed E-state index contributed by atoms with van der Waals surface area (Å²) in [6.07, 6.45) is 4.12. The first-order valence-electron chi connectivity index (χ1n) is 8.46. The molecule has 2 heterocycles. The summed E-state index contributed by atoms with van der Waals surface area (Å²) in [5, 5.41) is 3.33. The highest BCUT2D eigenvalue weighted by Crippen LogP contribution is 2.18. The van der Waals surface area contributed by atoms with Gasteiger partial charge >= 0.3 is 5.97 Å². The van der Waals surface area contributed by atoms with Gasteiger partial charge in [-0.25, -0.2) is 0 Å². The molecule has 1 aromatic heterocycles. The zero-order valence-corrected chi connectivity index (χ0v) is 16.8. The molecule has 0 aromatic carbocycles. The molecular formula is C17H28IN3O3. The number of hydrogen-bond donors (Lipinski definition) is 1. The molecule has 1 saturated heterocycles. The molecule has 7 heteroatoms. The van der Waals surface area contributed by atoms with Crippen molar-refractivity contribution in [1.29, 1.82) is 0 Å². The summed E-state index contributed by atoms with van der Waals surface area (Å²) in [5.74, 6) is 1.83. The molecule has 0 radical (unpaired) electrons. The van der Waals surface area contributed by atoms with Gasteiger partial charge in [-0.2, -0.15) is 0 Å². The van der Waals surface area contributed by atoms with Crippen LogP contribution in [-0.2, 0) is 16.0 Å². The van der Waals surface area contributed by atoms with Crippen LogP contribution in [0.15, 0.2) is 27.8 Å². The van der Waals surface area contributed by atoms with Gasteiger partial charge in [-0.05, 0) is 38.8 Å². The van der Waals surface area contributed by atoms with Crippen LogP contribution in [0.4, 0.5) is 0 Å². The van der Waals surface area contributed by atoms with Crippen molar-refractivity contribution >= 4 is 35.9 Å². The Morgan fingerprint density at radius 1 is 1.42 bits per heavy atom. The summed E-state index contributed by atoms with van der Waals surface area (Å²) in [6.45, 7) is 7.54. The van der Waals surface area contributed by atoms with Crippen LogP contribution in [0.5, 0.6) is 0 Å². The van der Waals surface area contributed by atoms with Gasteiger partial charge in [0, 0.05) is 32.6 Å². The molecule has 24 heavy (non-hydrogen) atoms. The Labute approximate surface area is 161 Å². The van der Waals surface area contributed by atoms with E-state index < -0.39 is 0 Å². The topological polar surface area (TPSA) is 67.1 Å². The third kappa shape index (κ3) is 6.33. The van der Waals surface area contributed by atoms with E-state index in [0.717, 1.165) is 50.6 Å². The Bertz CT molecular complexity index is 497. The smallest absolute Gasteiger partial charge is 0.309 e. The fourth-order valence-electron chi connectivity index (χ4n) is 2.74. The lowest BCUT2D eigenvalue weighted by atomic mass is 9.97. The Kier molecular flexibility index (Phi) is 9.82. The Balaban J connectivity index is 0.00000288. The normalized spacial score (nSPS) is 15.8. The highest BCUT2D eigenvalue weighted by molar-refractivity contribution is 14.0. The maximum Gasteiger partial charge on any atom is 0.309 e. The van der Waals surface area contributed by atoms with Crippen LogP contribution >= 0.6 is 24.0 Å². The SMILES string of the molecule is CCNC(=NCCc1ccco1)N1CCC(C(=O)OCC)CC1.I. The molecule has 0 saturated carbocycles. The van der Waals surface area contributed by atoms with E-state index in [1.165, 1.54) is 0 Å². The first-order chi connectivity index (χ1) is 11.2. The second-order valence-corrected chi connectivity index (χ2v) is 5.58. The molecule has 0 unspecified atom stereocenters. The number of rotatable bonds is 6. The summed E-state index contributed by atoms with van der Waals surface area (Å²) in [4.78, 5) is 18.7. The van der Waals surface area contributed by atoms with E-state index in [1.807, 2.05) is 19.1 Å². The average Bonchev–Trinajstić information content (AvgIpc) is 3.08. The zero-order valence-electron chi connectivity index (χ0n) is 14.5. The number of hydrogen-bond acceptors (Lipinski definition) is 4. The van der Waals surface area contributed by atoms with Gasteiger partial charge in [-0.1, -0.05) is 0 Å². The van der Waals surface area contributed by atoms with Gasteiger partial charge in [0.2, 0.25) is 0 Å². The van der Waals surface area contributed by atoms with Crippen molar-refractivity contribution in [3.63, 3.8) is 0 Å². The molecule has 0 atom stereocenters. The number of carbonyl (C=O) groups is 1. The fraction of sp³-hybridized carbons (Fsp3) is 0.647. The van der Waals surface area contributed by atoms with E-state index >= 15 is 0 Å². The molecule has 136 valence electrons. The lowest BCUT2D eigenvalue weighted by Gasteiger charge is -2.33. The molecule has 1 aliphatic rings. The molecule has 0 spiro atoms. The number of piperidine rings is 1. The minimum absolute atomic E-state index is 0. The van der Waals surface area contributed by atoms with Crippen molar-refractivity contribution in [3.8, 4) is 0 Å². The molecule has 0 bridgehead atoms. The predicted molar refractivity (Wildman–Crippen MR) is 105 cm³/mol. The highest BCUT2D eigenvalue weighted by atomic mass is 127. The van der Waals surface area contributed by atoms with E-state index in [4.69, 9.17) is 9.15 Å². The fourth-order valence-corrected chi connectivity index (χ4v) is 2.74. The van der Waals surface area contributed by atoms with Crippen molar-refractivity contribution < 1.29 is 13.9 Å². The molecule has 1 aromatic rings. The molecule has 1 N–H and O–H groups in total. The minimum atomic E-state index is -0.0630. The number of ether oxygens (including phenoxy) is 1. The summed E-state index contributed by atoms with van der Waals surface area (Å²) in [7, 11) is 0. The Morgan fingerprint density at radius 2 is 2.17 bits per heavy atom. The van der Waals surface area contributed by atoms with Crippen molar-refractivity contribution in [2.45, 2.75) is 33.1 Å². The molecule has 1 fully saturated rings. The van der Waals surface area contributed by atoms with E-state index in [-0.39, 0.29) is 35.9 Å². The maximum atomic E-state index is 11.8. The van der Waals surface area contributed by atoms with Gasteiger partial charge in [-0.3, -0.25) is 9.79 Å². The van der Waals surface area contributed by atoms with Gasteiger partial charge in [0.25, 0.3) is 0 Å². The number of aliphatic imine (C=N–C) groups is 1. The van der Waals surface area contributed by atoms with Crippen molar-refractivity contribution in [1.82, 2.24) is 10.2 Å². The van der Waals surface area contributed by atoms with Crippen LogP contribution in [0.1, 0.15) is 32.4 Å². The summed E-state index contributed by atoms with van der Waals surface area (Å²) >= 11 is 0. The van der Waals surface area contributed by atoms with E-state index in [0.29, 0.717) is 13.2 Å². The molecule has 6 nitrogen and oxygen atoms in total. The standard InChI is InChI=1S/C17H27N3O3.HI/c1-3-18-17(19-10-7-15-6-5-13-23-15)20-11-8-14(9-12-20)16(21)22-4-2;/h5-6,13-14H,3-4,7-12H2,1-2H3,(H,18,19);1H. The Hall–Kier alpha value is -1.25. The average molecular weight is 449 g/mol. The van der Waals surface area contributed by atoms with Crippen molar-refractivity contribution in [2.75, 3.05) is 32.8 Å². The van der Waals surface area contributed by atoms with Gasteiger partial charge in [0.15, 0.2) is 5.96 Å². The number of carbonyl (C=O) groups excluding carboxylic acids is 1. The summed E-state index contributed by atoms with van der Waals surface area (Å²) < 4.78 is 10.4. The number of guanidine groups is 1. The summed E-state index contributed by atoms with van der Waals surface area (Å²) in [6, 6.07) is 3.86. The number of furan rings is 1. The predicted octanol–water partition coefficient (Wildman–Crippen LogP) is 2.68. The maximum absolute atomic E-state index is 11.8. The molecule has 0 amide bonds. The van der Waals surface area contributed by atoms with E-state index in [2.05, 4.69) is 22.1 Å². The number of esters is 1. The van der Waals surface area contributed by atoms with Crippen LogP contribution in [0.25, 0.3) is 0 Å². The third-order valence-corrected chi connectivity index (χ3v) is 3.95. The van der Waals surface area contributed by atoms with Crippen LogP contribution in [0.2, 0.25) is 0 Å². The van der Waals surface area contributed by atoms with Gasteiger partial charge in [0.1, 0.15) is 5.76 Å². The second kappa shape index (κ2) is 11.3. The van der Waals surface area contributed by atoms with Crippen LogP contribution in [-0.4, -0.2) is 49.6 Å². The third-order valence-electron chi connectivity index (χ3n) is 3.95. The lowest BCUT2D eigenvalue weighted by Crippen LogP contribution is -2.46. The first-order valence-corrected chi connectivity index (χ1v) is 8.46. The minimum Gasteiger partial charge on any atom is -0.469 e. The van der Waals surface area contributed by atoms with Crippen LogP contribution in [0, 0.1) is 5.92 Å². The molecular weight excluding hydrogens is 421 g/mol. The van der Waals surface area contributed by atoms with E-state index in [9.17, 15) is 4.79 Å². The number of nitrogens with zero attached hydrogens (tertiary/aromatic N) is 2. The Morgan fingerprint density at radius 3 is 2.75 bits per heavy atom.